The molecule has 2 N–H and O–H groups in total. The number of nitrogens with one attached hydrogen (secondary N) is 2. The zero-order chi connectivity index (χ0) is 18.2. The molecule has 0 fully saturated rings. The average Bonchev–Trinajstić information content (AvgIpc) is 2.56. The molecule has 4 nitrogen and oxygen atoms in total. The average molecular weight is 377 g/mol. The van der Waals surface area contributed by atoms with E-state index in [1.807, 2.05) is 26.0 Å². The number of carbonyl (C=O) groups is 1. The number of benzene rings is 2. The first-order chi connectivity index (χ1) is 11.9. The zero-order valence-corrected chi connectivity index (χ0v) is 15.8. The van der Waals surface area contributed by atoms with Crippen molar-refractivity contribution in [2.24, 2.45) is 0 Å². The number of amides is 1. The van der Waals surface area contributed by atoms with E-state index in [0.717, 1.165) is 17.0 Å². The molecule has 0 spiro atoms. The van der Waals surface area contributed by atoms with Crippen molar-refractivity contribution in [2.45, 2.75) is 26.7 Å². The number of halogens is 1. The molecular weight excluding hydrogens is 356 g/mol. The van der Waals surface area contributed by atoms with Crippen molar-refractivity contribution in [1.82, 2.24) is 5.32 Å². The predicted molar refractivity (Wildman–Crippen MR) is 106 cm³/mol. The first kappa shape index (κ1) is 19.2. The van der Waals surface area contributed by atoms with Crippen LogP contribution in [0.2, 0.25) is 5.02 Å². The van der Waals surface area contributed by atoms with Crippen LogP contribution in [0.3, 0.4) is 0 Å². The normalized spacial score (nSPS) is 10.2. The summed E-state index contributed by atoms with van der Waals surface area (Å²) in [5, 5.41) is 6.70. The van der Waals surface area contributed by atoms with Crippen molar-refractivity contribution >= 4 is 40.5 Å². The van der Waals surface area contributed by atoms with Crippen molar-refractivity contribution in [3.05, 3.63) is 58.6 Å². The minimum absolute atomic E-state index is 0.137. The molecule has 2 aromatic carbocycles. The van der Waals surface area contributed by atoms with Crippen LogP contribution in [-0.2, 0) is 4.79 Å². The number of anilines is 1. The number of hydrogen-bond acceptors (Lipinski definition) is 3. The molecule has 0 aliphatic carbocycles. The molecule has 0 aliphatic heterocycles. The van der Waals surface area contributed by atoms with Gasteiger partial charge in [0.15, 0.2) is 5.11 Å². The van der Waals surface area contributed by atoms with Crippen LogP contribution in [0.1, 0.15) is 24.0 Å². The van der Waals surface area contributed by atoms with Gasteiger partial charge in [-0.2, -0.15) is 0 Å². The van der Waals surface area contributed by atoms with E-state index in [1.165, 1.54) is 5.56 Å². The summed E-state index contributed by atoms with van der Waals surface area (Å²) in [6.07, 6.45) is 0.933. The number of rotatable bonds is 6. The van der Waals surface area contributed by atoms with Gasteiger partial charge in [0.05, 0.1) is 6.61 Å². The van der Waals surface area contributed by atoms with E-state index in [9.17, 15) is 4.79 Å². The maximum absolute atomic E-state index is 11.9. The minimum Gasteiger partial charge on any atom is -0.494 e. The highest BCUT2D eigenvalue weighted by Crippen LogP contribution is 2.16. The Kier molecular flexibility index (Phi) is 7.22. The molecule has 2 rings (SSSR count). The van der Waals surface area contributed by atoms with Crippen LogP contribution in [0, 0.1) is 13.8 Å². The Balaban J connectivity index is 1.69. The summed E-state index contributed by atoms with van der Waals surface area (Å²) in [5.41, 5.74) is 3.15. The largest absolute Gasteiger partial charge is 0.494 e. The Bertz CT molecular complexity index is 748. The summed E-state index contributed by atoms with van der Waals surface area (Å²) in [6, 6.07) is 13.1. The SMILES string of the molecule is Cc1ccc(NC(=S)NC(=O)CCCOc2ccc(Cl)cc2)c(C)c1. The summed E-state index contributed by atoms with van der Waals surface area (Å²) >= 11 is 11.0. The number of thiocarbonyl (C=S) groups is 1. The molecule has 0 atom stereocenters. The van der Waals surface area contributed by atoms with Gasteiger partial charge in [0.25, 0.3) is 0 Å². The minimum atomic E-state index is -0.137. The number of carbonyl (C=O) groups excluding carboxylic acids is 1. The molecule has 6 heteroatoms. The molecule has 0 saturated heterocycles. The van der Waals surface area contributed by atoms with Gasteiger partial charge in [-0.3, -0.25) is 4.79 Å². The van der Waals surface area contributed by atoms with Crippen LogP contribution in [0.15, 0.2) is 42.5 Å². The van der Waals surface area contributed by atoms with Crippen molar-refractivity contribution in [1.29, 1.82) is 0 Å². The fraction of sp³-hybridized carbons (Fsp3) is 0.263. The Morgan fingerprint density at radius 2 is 1.88 bits per heavy atom. The lowest BCUT2D eigenvalue weighted by Crippen LogP contribution is -2.34. The Labute approximate surface area is 158 Å². The second-order valence-corrected chi connectivity index (χ2v) is 6.57. The summed E-state index contributed by atoms with van der Waals surface area (Å²) in [4.78, 5) is 11.9. The standard InChI is InChI=1S/C19H21ClN2O2S/c1-13-5-10-17(14(2)12-13)21-19(25)22-18(23)4-3-11-24-16-8-6-15(20)7-9-16/h5-10,12H,3-4,11H2,1-2H3,(H2,21,22,23,25). The highest BCUT2D eigenvalue weighted by molar-refractivity contribution is 7.80. The number of ether oxygens (including phenoxy) is 1. The first-order valence-corrected chi connectivity index (χ1v) is 8.79. The summed E-state index contributed by atoms with van der Waals surface area (Å²) in [7, 11) is 0. The van der Waals surface area contributed by atoms with E-state index in [2.05, 4.69) is 16.7 Å². The highest BCUT2D eigenvalue weighted by Gasteiger charge is 2.06. The Morgan fingerprint density at radius 1 is 1.16 bits per heavy atom. The van der Waals surface area contributed by atoms with Crippen LogP contribution in [0.4, 0.5) is 5.69 Å². The highest BCUT2D eigenvalue weighted by atomic mass is 35.5. The lowest BCUT2D eigenvalue weighted by atomic mass is 10.1. The molecule has 0 heterocycles. The molecule has 0 aromatic heterocycles. The third-order valence-corrected chi connectivity index (χ3v) is 3.97. The molecular formula is C19H21ClN2O2S. The van der Waals surface area contributed by atoms with E-state index in [-0.39, 0.29) is 5.91 Å². The second-order valence-electron chi connectivity index (χ2n) is 5.73. The molecule has 0 saturated carbocycles. The smallest absolute Gasteiger partial charge is 0.226 e. The zero-order valence-electron chi connectivity index (χ0n) is 14.3. The van der Waals surface area contributed by atoms with Crippen molar-refractivity contribution < 1.29 is 9.53 Å². The molecule has 1 amide bonds. The lowest BCUT2D eigenvalue weighted by Gasteiger charge is -2.12. The van der Waals surface area contributed by atoms with Crippen LogP contribution in [0.5, 0.6) is 5.75 Å². The lowest BCUT2D eigenvalue weighted by molar-refractivity contribution is -0.119. The van der Waals surface area contributed by atoms with Crippen LogP contribution >= 0.6 is 23.8 Å². The molecule has 0 unspecified atom stereocenters. The van der Waals surface area contributed by atoms with Gasteiger partial charge in [-0.15, -0.1) is 0 Å². The van der Waals surface area contributed by atoms with Gasteiger partial charge < -0.3 is 15.4 Å². The van der Waals surface area contributed by atoms with E-state index in [0.29, 0.717) is 29.6 Å². The maximum Gasteiger partial charge on any atom is 0.226 e. The Morgan fingerprint density at radius 3 is 2.56 bits per heavy atom. The van der Waals surface area contributed by atoms with Crippen molar-refractivity contribution in [3.8, 4) is 5.75 Å². The topological polar surface area (TPSA) is 50.4 Å². The third-order valence-electron chi connectivity index (χ3n) is 3.51. The van der Waals surface area contributed by atoms with Crippen LogP contribution in [0.25, 0.3) is 0 Å². The monoisotopic (exact) mass is 376 g/mol. The molecule has 0 bridgehead atoms. The maximum atomic E-state index is 11.9. The van der Waals surface area contributed by atoms with Crippen LogP contribution < -0.4 is 15.4 Å². The van der Waals surface area contributed by atoms with E-state index < -0.39 is 0 Å². The summed E-state index contributed by atoms with van der Waals surface area (Å²) in [5.74, 6) is 0.596. The first-order valence-electron chi connectivity index (χ1n) is 8.00. The van der Waals surface area contributed by atoms with Crippen molar-refractivity contribution in [3.63, 3.8) is 0 Å². The van der Waals surface area contributed by atoms with E-state index in [1.54, 1.807) is 24.3 Å². The van der Waals surface area contributed by atoms with Gasteiger partial charge in [-0.25, -0.2) is 0 Å². The van der Waals surface area contributed by atoms with E-state index >= 15 is 0 Å². The third kappa shape index (κ3) is 6.72. The van der Waals surface area contributed by atoms with Gasteiger partial charge >= 0.3 is 0 Å². The quantitative estimate of drug-likeness (QED) is 0.570. The molecule has 132 valence electrons. The van der Waals surface area contributed by atoms with Crippen molar-refractivity contribution in [2.75, 3.05) is 11.9 Å². The van der Waals surface area contributed by atoms with Gasteiger partial charge in [0, 0.05) is 17.1 Å². The number of aryl methyl sites for hydroxylation is 2. The van der Waals surface area contributed by atoms with Gasteiger partial charge in [-0.05, 0) is 68.4 Å². The second kappa shape index (κ2) is 9.39. The predicted octanol–water partition coefficient (Wildman–Crippen LogP) is 4.63. The van der Waals surface area contributed by atoms with Crippen LogP contribution in [-0.4, -0.2) is 17.6 Å². The van der Waals surface area contributed by atoms with Gasteiger partial charge in [-0.1, -0.05) is 29.3 Å². The molecule has 2 aromatic rings. The fourth-order valence-corrected chi connectivity index (χ4v) is 2.60. The molecule has 0 aliphatic rings. The summed E-state index contributed by atoms with van der Waals surface area (Å²) < 4.78 is 5.55. The fourth-order valence-electron chi connectivity index (χ4n) is 2.25. The van der Waals surface area contributed by atoms with Gasteiger partial charge in [0.2, 0.25) is 5.91 Å². The van der Waals surface area contributed by atoms with E-state index in [4.69, 9.17) is 28.6 Å². The molecule has 25 heavy (non-hydrogen) atoms. The molecule has 0 radical (unpaired) electrons. The van der Waals surface area contributed by atoms with Gasteiger partial charge in [0.1, 0.15) is 5.75 Å². The summed E-state index contributed by atoms with van der Waals surface area (Å²) in [6.45, 7) is 4.48. The number of hydrogen-bond donors (Lipinski definition) is 2. The Hall–Kier alpha value is -2.11.